The maximum Gasteiger partial charge on any atom is 0.416 e. The van der Waals surface area contributed by atoms with Crippen molar-refractivity contribution in [1.29, 1.82) is 0 Å². The van der Waals surface area contributed by atoms with E-state index in [1.807, 2.05) is 7.05 Å². The van der Waals surface area contributed by atoms with Crippen molar-refractivity contribution in [2.24, 2.45) is 0 Å². The number of nitrogens with zero attached hydrogens (tertiary/aromatic N) is 3. The van der Waals surface area contributed by atoms with Crippen molar-refractivity contribution in [3.05, 3.63) is 47.3 Å². The third-order valence-electron chi connectivity index (χ3n) is 4.56. The van der Waals surface area contributed by atoms with Crippen LogP contribution in [0.15, 0.2) is 34.9 Å². The summed E-state index contributed by atoms with van der Waals surface area (Å²) in [5.41, 5.74) is -0.647. The van der Waals surface area contributed by atoms with Crippen LogP contribution in [0.3, 0.4) is 0 Å². The molecule has 1 saturated heterocycles. The summed E-state index contributed by atoms with van der Waals surface area (Å²) >= 11 is 0. The molecule has 3 rings (SSSR count). The van der Waals surface area contributed by atoms with E-state index in [0.29, 0.717) is 0 Å². The Hall–Kier alpha value is -2.55. The lowest BCUT2D eigenvalue weighted by molar-refractivity contribution is -0.137. The molecule has 1 aliphatic heterocycles. The van der Waals surface area contributed by atoms with Crippen LogP contribution in [-0.2, 0) is 12.8 Å². The number of alkyl halides is 3. The van der Waals surface area contributed by atoms with Crippen LogP contribution in [0.1, 0.15) is 28.2 Å². The highest BCUT2D eigenvalue weighted by Gasteiger charge is 2.31. The SMILES string of the molecule is CN1CCC(N(C)C(=O)c2cc(COc3cccc(C(F)(F)F)c3)on2)C1. The first-order chi connectivity index (χ1) is 12.7. The van der Waals surface area contributed by atoms with Crippen LogP contribution in [0.2, 0.25) is 0 Å². The molecule has 0 spiro atoms. The number of rotatable bonds is 5. The Kier molecular flexibility index (Phi) is 5.41. The van der Waals surface area contributed by atoms with Crippen LogP contribution < -0.4 is 4.74 Å². The monoisotopic (exact) mass is 383 g/mol. The smallest absolute Gasteiger partial charge is 0.416 e. The fourth-order valence-electron chi connectivity index (χ4n) is 2.97. The highest BCUT2D eigenvalue weighted by molar-refractivity contribution is 5.92. The Labute approximate surface area is 154 Å². The summed E-state index contributed by atoms with van der Waals surface area (Å²) in [6, 6.07) is 6.12. The molecule has 1 aromatic carbocycles. The third-order valence-corrected chi connectivity index (χ3v) is 4.56. The molecule has 1 aromatic heterocycles. The van der Waals surface area contributed by atoms with Crippen molar-refractivity contribution in [3.8, 4) is 5.75 Å². The van der Waals surface area contributed by atoms with Gasteiger partial charge in [0.25, 0.3) is 5.91 Å². The standard InChI is InChI=1S/C18H20F3N3O3/c1-23-7-6-13(10-23)24(2)17(25)16-9-15(27-22-16)11-26-14-5-3-4-12(8-14)18(19,20)21/h3-5,8-9,13H,6-7,10-11H2,1-2H3. The lowest BCUT2D eigenvalue weighted by Crippen LogP contribution is -2.38. The number of likely N-dealkylation sites (N-methyl/N-ethyl adjacent to an activating group) is 2. The number of likely N-dealkylation sites (tertiary alicyclic amines) is 1. The molecule has 146 valence electrons. The Bertz CT molecular complexity index is 806. The summed E-state index contributed by atoms with van der Waals surface area (Å²) in [5.74, 6) is 0.0530. The summed E-state index contributed by atoms with van der Waals surface area (Å²) in [4.78, 5) is 16.3. The van der Waals surface area contributed by atoms with Crippen LogP contribution in [0.5, 0.6) is 5.75 Å². The van der Waals surface area contributed by atoms with E-state index in [9.17, 15) is 18.0 Å². The van der Waals surface area contributed by atoms with Gasteiger partial charge < -0.3 is 19.1 Å². The van der Waals surface area contributed by atoms with E-state index < -0.39 is 11.7 Å². The number of hydrogen-bond acceptors (Lipinski definition) is 5. The van der Waals surface area contributed by atoms with Gasteiger partial charge in [-0.25, -0.2) is 0 Å². The maximum atomic E-state index is 12.7. The van der Waals surface area contributed by atoms with E-state index in [-0.39, 0.29) is 35.8 Å². The third kappa shape index (κ3) is 4.60. The van der Waals surface area contributed by atoms with Crippen LogP contribution >= 0.6 is 0 Å². The Balaban J connectivity index is 1.60. The molecule has 2 aromatic rings. The van der Waals surface area contributed by atoms with Crippen molar-refractivity contribution in [2.75, 3.05) is 27.2 Å². The molecule has 27 heavy (non-hydrogen) atoms. The predicted octanol–water partition coefficient (Wildman–Crippen LogP) is 3.05. The van der Waals surface area contributed by atoms with E-state index in [1.54, 1.807) is 11.9 Å². The van der Waals surface area contributed by atoms with E-state index in [0.717, 1.165) is 31.6 Å². The van der Waals surface area contributed by atoms with Crippen molar-refractivity contribution < 1.29 is 27.2 Å². The minimum absolute atomic E-state index is 0.0558. The lowest BCUT2D eigenvalue weighted by atomic mass is 10.2. The second-order valence-electron chi connectivity index (χ2n) is 6.61. The van der Waals surface area contributed by atoms with Gasteiger partial charge >= 0.3 is 6.18 Å². The van der Waals surface area contributed by atoms with Crippen molar-refractivity contribution in [2.45, 2.75) is 25.2 Å². The van der Waals surface area contributed by atoms with Gasteiger partial charge in [0, 0.05) is 25.7 Å². The zero-order valence-corrected chi connectivity index (χ0v) is 15.0. The second kappa shape index (κ2) is 7.59. The number of halogens is 3. The van der Waals surface area contributed by atoms with Crippen molar-refractivity contribution in [1.82, 2.24) is 15.0 Å². The number of hydrogen-bond donors (Lipinski definition) is 0. The molecular weight excluding hydrogens is 363 g/mol. The molecule has 1 aliphatic rings. The van der Waals surface area contributed by atoms with Gasteiger partial charge in [-0.3, -0.25) is 4.79 Å². The van der Waals surface area contributed by atoms with Crippen molar-refractivity contribution >= 4 is 5.91 Å². The van der Waals surface area contributed by atoms with Gasteiger partial charge in [-0.1, -0.05) is 11.2 Å². The van der Waals surface area contributed by atoms with E-state index >= 15 is 0 Å². The van der Waals surface area contributed by atoms with Gasteiger partial charge in [0.05, 0.1) is 5.56 Å². The quantitative estimate of drug-likeness (QED) is 0.794. The number of carbonyl (C=O) groups is 1. The van der Waals surface area contributed by atoms with Crippen LogP contribution in [0.25, 0.3) is 0 Å². The number of benzene rings is 1. The Morgan fingerprint density at radius 3 is 2.85 bits per heavy atom. The number of carbonyl (C=O) groups excluding carboxylic acids is 1. The summed E-state index contributed by atoms with van der Waals surface area (Å²) in [5, 5.41) is 3.76. The molecule has 0 saturated carbocycles. The first-order valence-corrected chi connectivity index (χ1v) is 8.45. The van der Waals surface area contributed by atoms with Crippen LogP contribution in [-0.4, -0.2) is 54.1 Å². The van der Waals surface area contributed by atoms with Gasteiger partial charge in [-0.05, 0) is 38.2 Å². The predicted molar refractivity (Wildman–Crippen MR) is 90.3 cm³/mol. The van der Waals surface area contributed by atoms with Gasteiger partial charge in [-0.2, -0.15) is 13.2 Å². The number of ether oxygens (including phenoxy) is 1. The summed E-state index contributed by atoms with van der Waals surface area (Å²) in [6.45, 7) is 1.60. The average Bonchev–Trinajstić information content (AvgIpc) is 3.27. The molecule has 1 atom stereocenters. The van der Waals surface area contributed by atoms with Gasteiger partial charge in [0.2, 0.25) is 0 Å². The average molecular weight is 383 g/mol. The minimum atomic E-state index is -4.44. The van der Waals surface area contributed by atoms with Gasteiger partial charge in [0.15, 0.2) is 11.5 Å². The van der Waals surface area contributed by atoms with E-state index in [1.165, 1.54) is 18.2 Å². The number of aromatic nitrogens is 1. The van der Waals surface area contributed by atoms with Crippen molar-refractivity contribution in [3.63, 3.8) is 0 Å². The first-order valence-electron chi connectivity index (χ1n) is 8.45. The molecule has 6 nitrogen and oxygen atoms in total. The molecule has 2 heterocycles. The zero-order valence-electron chi connectivity index (χ0n) is 15.0. The molecule has 1 amide bonds. The molecule has 1 unspecified atom stereocenters. The van der Waals surface area contributed by atoms with E-state index in [2.05, 4.69) is 10.1 Å². The highest BCUT2D eigenvalue weighted by atomic mass is 19.4. The maximum absolute atomic E-state index is 12.7. The van der Waals surface area contributed by atoms with E-state index in [4.69, 9.17) is 9.26 Å². The van der Waals surface area contributed by atoms with Crippen LogP contribution in [0.4, 0.5) is 13.2 Å². The lowest BCUT2D eigenvalue weighted by Gasteiger charge is -2.23. The first kappa shape index (κ1) is 19.2. The Morgan fingerprint density at radius 2 is 2.19 bits per heavy atom. The van der Waals surface area contributed by atoms with Crippen LogP contribution in [0, 0.1) is 0 Å². The topological polar surface area (TPSA) is 58.8 Å². The normalized spacial score (nSPS) is 17.9. The summed E-state index contributed by atoms with van der Waals surface area (Å²) < 4.78 is 48.6. The molecule has 1 fully saturated rings. The fraction of sp³-hybridized carbons (Fsp3) is 0.444. The van der Waals surface area contributed by atoms with Gasteiger partial charge in [0.1, 0.15) is 12.4 Å². The molecule has 0 bridgehead atoms. The fourth-order valence-corrected chi connectivity index (χ4v) is 2.97. The second-order valence-corrected chi connectivity index (χ2v) is 6.61. The largest absolute Gasteiger partial charge is 0.486 e. The Morgan fingerprint density at radius 1 is 1.41 bits per heavy atom. The molecule has 0 aliphatic carbocycles. The zero-order chi connectivity index (χ0) is 19.6. The molecule has 0 radical (unpaired) electrons. The summed E-state index contributed by atoms with van der Waals surface area (Å²) in [6.07, 6.45) is -3.55. The molecule has 9 heteroatoms. The highest BCUT2D eigenvalue weighted by Crippen LogP contribution is 2.31. The minimum Gasteiger partial charge on any atom is -0.486 e. The van der Waals surface area contributed by atoms with Gasteiger partial charge in [-0.15, -0.1) is 0 Å². The molecule has 0 N–H and O–H groups in total. The summed E-state index contributed by atoms with van der Waals surface area (Å²) in [7, 11) is 3.72. The molecular formula is C18H20F3N3O3. The number of amides is 1.